The highest BCUT2D eigenvalue weighted by Crippen LogP contribution is 2.47. The van der Waals surface area contributed by atoms with Crippen molar-refractivity contribution in [3.05, 3.63) is 214 Å². The van der Waals surface area contributed by atoms with Crippen LogP contribution < -0.4 is 58.9 Å². The van der Waals surface area contributed by atoms with E-state index in [2.05, 4.69) is 71.5 Å². The van der Waals surface area contributed by atoms with Crippen LogP contribution in [-0.4, -0.2) is 109 Å². The van der Waals surface area contributed by atoms with Crippen molar-refractivity contribution in [2.75, 3.05) is 103 Å². The Morgan fingerprint density at radius 1 is 0.413 bits per heavy atom. The van der Waals surface area contributed by atoms with Gasteiger partial charge in [0.15, 0.2) is 0 Å². The molecule has 0 unspecified atom stereocenters. The van der Waals surface area contributed by atoms with Gasteiger partial charge in [-0.25, -0.2) is 55.1 Å². The van der Waals surface area contributed by atoms with Crippen LogP contribution in [0.5, 0.6) is 0 Å². The zero-order chi connectivity index (χ0) is 88.6. The van der Waals surface area contributed by atoms with Gasteiger partial charge in [0, 0.05) is 134 Å². The number of halogens is 8. The number of hydrogen-bond acceptors (Lipinski definition) is 19. The quantitative estimate of drug-likeness (QED) is 0.0311. The summed E-state index contributed by atoms with van der Waals surface area (Å²) in [5, 5.41) is 13.7. The van der Waals surface area contributed by atoms with Gasteiger partial charge in [-0.3, -0.25) is 19.2 Å². The highest BCUT2D eigenvalue weighted by molar-refractivity contribution is 7.22. The average molecular weight is 1800 g/mol. The van der Waals surface area contributed by atoms with Crippen LogP contribution in [0.2, 0.25) is 0 Å². The molecule has 5 aliphatic heterocycles. The number of carbonyl (C=O) groups excluding carboxylic acids is 4. The van der Waals surface area contributed by atoms with Crippen LogP contribution in [0, 0.1) is 91.0 Å². The van der Waals surface area contributed by atoms with E-state index in [9.17, 15) is 54.3 Å². The van der Waals surface area contributed by atoms with Crippen molar-refractivity contribution in [2.45, 2.75) is 161 Å². The number of amides is 4. The molecule has 2 atom stereocenters. The van der Waals surface area contributed by atoms with Crippen LogP contribution in [0.4, 0.5) is 74.9 Å². The first-order valence-electron chi connectivity index (χ1n) is 43.5. The summed E-state index contributed by atoms with van der Waals surface area (Å²) in [7, 11) is 0. The molecule has 4 amide bonds. The lowest BCUT2D eigenvalue weighted by Crippen LogP contribution is -2.49. The van der Waals surface area contributed by atoms with Gasteiger partial charge in [-0.15, -0.1) is 45.3 Å². The van der Waals surface area contributed by atoms with E-state index in [4.69, 9.17) is 27.9 Å². The average Bonchev–Trinajstić information content (AvgIpc) is 1.51. The number of pyridine rings is 4. The Balaban J connectivity index is 0.000000124. The standard InChI is InChI=1S/2C24H25F3N4OS.C24H28N4OS.C23H25F2N3OS/c2*1-11(8-29-23(32)22-21(28)16-6-17(25)12(2)30-24(16)33-22)15-5-19(27)20(7-18(15)26)31-9-13-3-14(4-13)10-31;25-21-19-10-11-20(17-6-7-17)27-24(19)30-22(21)23(29)26-13-12-16-4-8-18(9-5-16)28-14-2-1-3-15-28;1-13-7-8-16-20(26)21(30-23(16)28-13)22(29)27-10-9-15-11-19(25)17(12-18(15)24)14-5-3-2-4-6-14/h2*5-7,11,13-14H,3-4,8-10,28H2,1-2H3,(H,29,32);4-5,8-11,17H,1-3,6-7,12-15,25H2,(H,26,29);7-8,11-12,14H,2-6,9-10,26H2,1H3,(H,27,29)/t2*11-,13?,14?;;/m10../s1. The highest BCUT2D eigenvalue weighted by atomic mass is 32.1. The van der Waals surface area contributed by atoms with Crippen molar-refractivity contribution < 1.29 is 54.3 Å². The molecule has 4 aromatic carbocycles. The van der Waals surface area contributed by atoms with Crippen LogP contribution in [0.3, 0.4) is 0 Å². The molecule has 9 aliphatic rings. The van der Waals surface area contributed by atoms with Gasteiger partial charge >= 0.3 is 0 Å². The van der Waals surface area contributed by atoms with Crippen LogP contribution >= 0.6 is 45.3 Å². The van der Waals surface area contributed by atoms with Crippen molar-refractivity contribution in [1.29, 1.82) is 0 Å². The van der Waals surface area contributed by atoms with Gasteiger partial charge in [-0.05, 0) is 234 Å². The van der Waals surface area contributed by atoms with E-state index >= 15 is 0 Å². The fourth-order valence-corrected chi connectivity index (χ4v) is 22.4. The number of hydrogen-bond donors (Lipinski definition) is 8. The SMILES string of the molecule is Cc1ccc2c(N)c(C(=O)NCCc3cc(F)c(C4CCCCC4)cc3F)sc2n1.Cc1nc2sc(C(=O)NC[C@@H](C)c3cc(F)c(N4CC5CC(C5)C4)cc3F)c(N)c2cc1F.Cc1nc2sc(C(=O)NC[C@H](C)c3cc(F)c(N4CC5CC(C5)C4)cc3F)c(N)c2cc1F.Nc1c(C(=O)NCCc2ccc(N3CCCCC3)cc2)sc2nc(C3CC3)ccc12. The minimum Gasteiger partial charge on any atom is -0.397 e. The van der Waals surface area contributed by atoms with Crippen molar-refractivity contribution in [3.63, 3.8) is 0 Å². The number of rotatable bonds is 21. The fourth-order valence-electron chi connectivity index (χ4n) is 18.3. The number of nitrogen functional groups attached to an aromatic ring is 4. The van der Waals surface area contributed by atoms with Gasteiger partial charge < -0.3 is 58.9 Å². The van der Waals surface area contributed by atoms with Crippen molar-refractivity contribution in [2.24, 2.45) is 23.7 Å². The first-order chi connectivity index (χ1) is 60.5. The van der Waals surface area contributed by atoms with Gasteiger partial charge in [-0.2, -0.15) is 0 Å². The molecule has 19 nitrogen and oxygen atoms in total. The summed E-state index contributed by atoms with van der Waals surface area (Å²) in [6, 6.07) is 26.7. The molecule has 662 valence electrons. The van der Waals surface area contributed by atoms with E-state index in [-0.39, 0.29) is 98.8 Å². The summed E-state index contributed by atoms with van der Waals surface area (Å²) in [5.74, 6) is -2.82. The number of thiophene rings is 4. The predicted octanol–water partition coefficient (Wildman–Crippen LogP) is 20.2. The van der Waals surface area contributed by atoms with E-state index in [0.717, 1.165) is 121 Å². The molecule has 4 aliphatic carbocycles. The molecule has 0 radical (unpaired) electrons. The van der Waals surface area contributed by atoms with Crippen molar-refractivity contribution in [1.82, 2.24) is 41.2 Å². The number of anilines is 7. The summed E-state index contributed by atoms with van der Waals surface area (Å²) >= 11 is 4.79. The zero-order valence-corrected chi connectivity index (χ0v) is 74.2. The Hall–Kier alpha value is -10.8. The maximum Gasteiger partial charge on any atom is 0.263 e. The monoisotopic (exact) mass is 1800 g/mol. The molecule has 9 fully saturated rings. The molecule has 4 saturated carbocycles. The van der Waals surface area contributed by atoms with Crippen molar-refractivity contribution >= 4 is 150 Å². The van der Waals surface area contributed by atoms with Gasteiger partial charge in [0.1, 0.15) is 85.4 Å². The Bertz CT molecular complexity index is 5900. The number of nitrogens with one attached hydrogen (secondary N) is 4. The van der Waals surface area contributed by atoms with Crippen LogP contribution in [0.1, 0.15) is 217 Å². The van der Waals surface area contributed by atoms with Gasteiger partial charge in [0.25, 0.3) is 23.6 Å². The summed E-state index contributed by atoms with van der Waals surface area (Å²) in [5.41, 5.74) is 32.5. The van der Waals surface area contributed by atoms with Crippen LogP contribution in [0.25, 0.3) is 40.9 Å². The van der Waals surface area contributed by atoms with E-state index in [1.807, 2.05) is 34.9 Å². The maximum atomic E-state index is 14.9. The van der Waals surface area contributed by atoms with Crippen LogP contribution in [-0.2, 0) is 12.8 Å². The molecule has 12 aromatic rings. The summed E-state index contributed by atoms with van der Waals surface area (Å²) in [6.45, 7) is 14.8. The molecular formula is C95H103F8N15O4S4. The Kier molecular flexibility index (Phi) is 26.8. The van der Waals surface area contributed by atoms with E-state index in [1.165, 1.54) is 147 Å². The second-order valence-corrected chi connectivity index (χ2v) is 39.0. The molecule has 4 bridgehead atoms. The van der Waals surface area contributed by atoms with Gasteiger partial charge in [-0.1, -0.05) is 45.2 Å². The molecule has 5 saturated heterocycles. The minimum absolute atomic E-state index is 0.0942. The number of fused-ring (bicyclic) bond motifs is 8. The first kappa shape index (κ1) is 88.7. The smallest absolute Gasteiger partial charge is 0.263 e. The zero-order valence-electron chi connectivity index (χ0n) is 71.0. The number of benzene rings is 4. The minimum atomic E-state index is -0.491. The summed E-state index contributed by atoms with van der Waals surface area (Å²) in [4.78, 5) is 78.4. The Morgan fingerprint density at radius 2 is 0.841 bits per heavy atom. The predicted molar refractivity (Wildman–Crippen MR) is 490 cm³/mol. The number of piperidine rings is 5. The number of carbonyl (C=O) groups is 4. The molecular weight excluding hydrogens is 1700 g/mol. The molecule has 126 heavy (non-hydrogen) atoms. The molecule has 31 heteroatoms. The fraction of sp³-hybridized carbons (Fsp3) is 0.411. The van der Waals surface area contributed by atoms with Gasteiger partial charge in [0.05, 0.1) is 45.5 Å². The normalized spacial score (nSPS) is 18.3. The lowest BCUT2D eigenvalue weighted by molar-refractivity contribution is 0.0948. The Labute approximate surface area is 741 Å². The molecule has 8 aromatic heterocycles. The van der Waals surface area contributed by atoms with Crippen LogP contribution in [0.15, 0.2) is 97.1 Å². The lowest BCUT2D eigenvalue weighted by atomic mass is 9.71. The van der Waals surface area contributed by atoms with E-state index in [0.29, 0.717) is 99.5 Å². The Morgan fingerprint density at radius 3 is 1.32 bits per heavy atom. The number of nitrogens with two attached hydrogens (primary N) is 4. The third-order valence-corrected chi connectivity index (χ3v) is 30.2. The van der Waals surface area contributed by atoms with E-state index in [1.54, 1.807) is 27.7 Å². The highest BCUT2D eigenvalue weighted by Gasteiger charge is 2.40. The third kappa shape index (κ3) is 19.5. The van der Waals surface area contributed by atoms with E-state index < -0.39 is 64.4 Å². The number of aryl methyl sites for hydroxylation is 3. The topological polar surface area (TPSA) is 282 Å². The summed E-state index contributed by atoms with van der Waals surface area (Å²) in [6.07, 6.45) is 17.2. The number of nitrogens with zero attached hydrogens (tertiary/aromatic N) is 7. The number of aromatic nitrogens is 4. The molecule has 12 N–H and O–H groups in total. The maximum absolute atomic E-state index is 14.9. The first-order valence-corrected chi connectivity index (χ1v) is 46.8. The molecule has 0 spiro atoms. The van der Waals surface area contributed by atoms with Gasteiger partial charge in [0.2, 0.25) is 0 Å². The largest absolute Gasteiger partial charge is 0.397 e. The third-order valence-electron chi connectivity index (χ3n) is 25.7. The molecule has 13 heterocycles. The second-order valence-electron chi connectivity index (χ2n) is 35.0. The summed E-state index contributed by atoms with van der Waals surface area (Å²) < 4.78 is 116. The van der Waals surface area contributed by atoms with Crippen molar-refractivity contribution in [3.8, 4) is 0 Å². The lowest BCUT2D eigenvalue weighted by Gasteiger charge is -2.48. The second kappa shape index (κ2) is 38.0. The molecule has 21 rings (SSSR count).